The first kappa shape index (κ1) is 11.5. The molecule has 0 bridgehead atoms. The van der Waals surface area contributed by atoms with Crippen LogP contribution in [-0.2, 0) is 0 Å². The van der Waals surface area contributed by atoms with Crippen LogP contribution in [-0.4, -0.2) is 23.2 Å². The highest BCUT2D eigenvalue weighted by atomic mass is 35.5. The lowest BCUT2D eigenvalue weighted by Crippen LogP contribution is -2.00. The molecule has 1 heterocycles. The topological polar surface area (TPSA) is 46.5 Å². The van der Waals surface area contributed by atoms with E-state index < -0.39 is 11.5 Å². The molecule has 1 aromatic rings. The van der Waals surface area contributed by atoms with E-state index in [0.717, 1.165) is 11.8 Å². The fraction of sp³-hybridized carbons (Fsp3) is 0.300. The monoisotopic (exact) mass is 262 g/mol. The lowest BCUT2D eigenvalue weighted by atomic mass is 10.2. The van der Waals surface area contributed by atoms with E-state index in [1.54, 1.807) is 0 Å². The molecule has 86 valence electrons. The summed E-state index contributed by atoms with van der Waals surface area (Å²) in [4.78, 5) is 11.2. The summed E-state index contributed by atoms with van der Waals surface area (Å²) < 4.78 is 18.6. The van der Waals surface area contributed by atoms with Crippen molar-refractivity contribution >= 4 is 29.3 Å². The summed E-state index contributed by atoms with van der Waals surface area (Å²) in [6.07, 6.45) is 0.262. The molecule has 0 radical (unpaired) electrons. The Bertz CT molecular complexity index is 438. The number of alkyl halides is 1. The number of hydrogen-bond donors (Lipinski definition) is 1. The van der Waals surface area contributed by atoms with Crippen molar-refractivity contribution in [2.75, 3.05) is 6.61 Å². The van der Waals surface area contributed by atoms with Gasteiger partial charge in [0.15, 0.2) is 11.3 Å². The molecule has 0 aliphatic carbocycles. The Morgan fingerprint density at radius 1 is 1.62 bits per heavy atom. The van der Waals surface area contributed by atoms with Gasteiger partial charge in [-0.05, 0) is 12.1 Å². The van der Waals surface area contributed by atoms with Crippen LogP contribution >= 0.6 is 23.4 Å². The van der Waals surface area contributed by atoms with Crippen molar-refractivity contribution in [1.29, 1.82) is 0 Å². The van der Waals surface area contributed by atoms with Crippen molar-refractivity contribution in [2.24, 2.45) is 0 Å². The quantitative estimate of drug-likeness (QED) is 0.844. The maximum absolute atomic E-state index is 13.3. The molecule has 0 amide bonds. The highest BCUT2D eigenvalue weighted by Gasteiger charge is 2.22. The van der Waals surface area contributed by atoms with Crippen LogP contribution in [0.5, 0.6) is 5.75 Å². The molecule has 0 unspecified atom stereocenters. The standard InChI is InChI=1S/C10H8ClFO3S/c11-6-3-5(10(13)14)4-7-9(6)15-2-1-8(12)16-7/h3-4,8H,1-2H2,(H,13,14)/t8-/m0/s1. The van der Waals surface area contributed by atoms with Gasteiger partial charge in [0, 0.05) is 6.42 Å². The predicted molar refractivity (Wildman–Crippen MR) is 59.3 cm³/mol. The number of carboxylic acid groups (broad SMARTS) is 1. The van der Waals surface area contributed by atoms with E-state index in [9.17, 15) is 9.18 Å². The Hall–Kier alpha value is -0.940. The highest BCUT2D eigenvalue weighted by Crippen LogP contribution is 2.42. The highest BCUT2D eigenvalue weighted by molar-refractivity contribution is 7.99. The Labute approximate surface area is 101 Å². The lowest BCUT2D eigenvalue weighted by Gasteiger charge is -2.09. The number of fused-ring (bicyclic) bond motifs is 1. The Morgan fingerprint density at radius 2 is 2.38 bits per heavy atom. The molecule has 1 aliphatic heterocycles. The third kappa shape index (κ3) is 2.25. The Kier molecular flexibility index (Phi) is 3.25. The number of ether oxygens (including phenoxy) is 1. The number of hydrogen-bond acceptors (Lipinski definition) is 3. The number of benzene rings is 1. The summed E-state index contributed by atoms with van der Waals surface area (Å²) in [5, 5.41) is 9.05. The van der Waals surface area contributed by atoms with Gasteiger partial charge < -0.3 is 9.84 Å². The van der Waals surface area contributed by atoms with Crippen molar-refractivity contribution in [3.8, 4) is 5.75 Å². The van der Waals surface area contributed by atoms with Gasteiger partial charge in [0.1, 0.15) is 0 Å². The number of halogens is 2. The molecular weight excluding hydrogens is 255 g/mol. The second-order valence-corrected chi connectivity index (χ2v) is 4.85. The average molecular weight is 263 g/mol. The summed E-state index contributed by atoms with van der Waals surface area (Å²) in [5.74, 6) is -0.721. The first-order valence-corrected chi connectivity index (χ1v) is 5.84. The van der Waals surface area contributed by atoms with Gasteiger partial charge in [-0.15, -0.1) is 0 Å². The SMILES string of the molecule is O=C(O)c1cc(Cl)c2c(c1)S[C@H](F)CCO2. The summed E-state index contributed by atoms with van der Waals surface area (Å²) in [7, 11) is 0. The van der Waals surface area contributed by atoms with Gasteiger partial charge in [-0.25, -0.2) is 9.18 Å². The zero-order chi connectivity index (χ0) is 11.7. The van der Waals surface area contributed by atoms with Gasteiger partial charge in [-0.3, -0.25) is 0 Å². The Morgan fingerprint density at radius 3 is 3.06 bits per heavy atom. The summed E-state index contributed by atoms with van der Waals surface area (Å²) in [5.41, 5.74) is -1.06. The third-order valence-corrected chi connectivity index (χ3v) is 3.43. The van der Waals surface area contributed by atoms with Crippen molar-refractivity contribution in [1.82, 2.24) is 0 Å². The van der Waals surface area contributed by atoms with Gasteiger partial charge in [-0.1, -0.05) is 23.4 Å². The molecule has 0 spiro atoms. The van der Waals surface area contributed by atoms with Crippen LogP contribution in [0.4, 0.5) is 4.39 Å². The third-order valence-electron chi connectivity index (χ3n) is 2.10. The molecular formula is C10H8ClFO3S. The molecule has 1 N–H and O–H groups in total. The molecule has 0 aromatic heterocycles. The van der Waals surface area contributed by atoms with Crippen LogP contribution in [0.1, 0.15) is 16.8 Å². The first-order chi connectivity index (χ1) is 7.58. The van der Waals surface area contributed by atoms with Crippen LogP contribution in [0.2, 0.25) is 5.02 Å². The predicted octanol–water partition coefficient (Wildman–Crippen LogP) is 3.21. The molecule has 16 heavy (non-hydrogen) atoms. The molecule has 1 aromatic carbocycles. The lowest BCUT2D eigenvalue weighted by molar-refractivity contribution is 0.0696. The largest absolute Gasteiger partial charge is 0.491 e. The zero-order valence-electron chi connectivity index (χ0n) is 8.07. The maximum atomic E-state index is 13.3. The van der Waals surface area contributed by atoms with E-state index in [0.29, 0.717) is 10.6 Å². The molecule has 2 rings (SSSR count). The van der Waals surface area contributed by atoms with Crippen LogP contribution in [0.3, 0.4) is 0 Å². The van der Waals surface area contributed by atoms with E-state index in [1.807, 2.05) is 0 Å². The number of carbonyl (C=O) groups is 1. The molecule has 0 saturated carbocycles. The average Bonchev–Trinajstić information content (AvgIpc) is 2.38. The van der Waals surface area contributed by atoms with E-state index in [1.165, 1.54) is 12.1 Å². The van der Waals surface area contributed by atoms with Crippen LogP contribution in [0.15, 0.2) is 17.0 Å². The minimum Gasteiger partial charge on any atom is -0.491 e. The van der Waals surface area contributed by atoms with Gasteiger partial charge in [-0.2, -0.15) is 0 Å². The summed E-state index contributed by atoms with van der Waals surface area (Å²) in [6.45, 7) is 0.243. The number of carboxylic acids is 1. The second kappa shape index (κ2) is 4.51. The normalized spacial score (nSPS) is 19.5. The van der Waals surface area contributed by atoms with Gasteiger partial charge >= 0.3 is 5.97 Å². The maximum Gasteiger partial charge on any atom is 0.335 e. The molecule has 0 fully saturated rings. The van der Waals surface area contributed by atoms with Crippen LogP contribution in [0.25, 0.3) is 0 Å². The molecule has 0 saturated heterocycles. The second-order valence-electron chi connectivity index (χ2n) is 3.26. The fourth-order valence-corrected chi connectivity index (χ4v) is 2.66. The molecule has 6 heteroatoms. The van der Waals surface area contributed by atoms with Gasteiger partial charge in [0.25, 0.3) is 0 Å². The number of aromatic carboxylic acids is 1. The minimum absolute atomic E-state index is 0.0361. The molecule has 1 atom stereocenters. The zero-order valence-corrected chi connectivity index (χ0v) is 9.65. The van der Waals surface area contributed by atoms with Crippen molar-refractivity contribution in [2.45, 2.75) is 16.8 Å². The summed E-state index contributed by atoms with van der Waals surface area (Å²) in [6, 6.07) is 2.69. The van der Waals surface area contributed by atoms with Crippen LogP contribution in [0, 0.1) is 0 Å². The van der Waals surface area contributed by atoms with E-state index in [4.69, 9.17) is 21.4 Å². The number of rotatable bonds is 1. The van der Waals surface area contributed by atoms with Crippen LogP contribution < -0.4 is 4.74 Å². The molecule has 3 nitrogen and oxygen atoms in total. The smallest absolute Gasteiger partial charge is 0.335 e. The van der Waals surface area contributed by atoms with Crippen molar-refractivity contribution in [3.63, 3.8) is 0 Å². The van der Waals surface area contributed by atoms with Gasteiger partial charge in [0.05, 0.1) is 22.1 Å². The van der Waals surface area contributed by atoms with Crippen molar-refractivity contribution < 1.29 is 19.0 Å². The number of thioether (sulfide) groups is 1. The molecule has 1 aliphatic rings. The van der Waals surface area contributed by atoms with Crippen molar-refractivity contribution in [3.05, 3.63) is 22.7 Å². The van der Waals surface area contributed by atoms with Gasteiger partial charge in [0.2, 0.25) is 0 Å². The van der Waals surface area contributed by atoms with E-state index in [-0.39, 0.29) is 23.6 Å². The summed E-state index contributed by atoms with van der Waals surface area (Å²) >= 11 is 6.83. The van der Waals surface area contributed by atoms with E-state index >= 15 is 0 Å². The fourth-order valence-electron chi connectivity index (χ4n) is 1.37. The Balaban J connectivity index is 2.48. The van der Waals surface area contributed by atoms with E-state index in [2.05, 4.69) is 0 Å². The first-order valence-electron chi connectivity index (χ1n) is 4.58. The minimum atomic E-state index is -1.10.